The quantitative estimate of drug-likeness (QED) is 0.547. The highest BCUT2D eigenvalue weighted by molar-refractivity contribution is 6.01. The fourth-order valence-electron chi connectivity index (χ4n) is 2.88. The second-order valence-electron chi connectivity index (χ2n) is 4.54. The lowest BCUT2D eigenvalue weighted by molar-refractivity contribution is 0.0478. The molecule has 0 saturated carbocycles. The Morgan fingerprint density at radius 1 is 0.882 bits per heavy atom. The van der Waals surface area contributed by atoms with Crippen LogP contribution in [0.3, 0.4) is 0 Å². The minimum Gasteiger partial charge on any atom is -0.457 e. The molecule has 1 aliphatic heterocycles. The summed E-state index contributed by atoms with van der Waals surface area (Å²) in [7, 11) is 0. The third kappa shape index (κ3) is 1.07. The van der Waals surface area contributed by atoms with Crippen LogP contribution in [0.15, 0.2) is 36.4 Å². The van der Waals surface area contributed by atoms with Gasteiger partial charge in [-0.2, -0.15) is 0 Å². The maximum absolute atomic E-state index is 11.9. The van der Waals surface area contributed by atoms with E-state index >= 15 is 0 Å². The van der Waals surface area contributed by atoms with Gasteiger partial charge in [-0.1, -0.05) is 30.3 Å². The summed E-state index contributed by atoms with van der Waals surface area (Å²) in [5, 5.41) is 0. The second kappa shape index (κ2) is 2.98. The number of benzene rings is 2. The normalized spacial score (nSPS) is 15.2. The monoisotopic (exact) mass is 222 g/mol. The highest BCUT2D eigenvalue weighted by atomic mass is 16.5. The summed E-state index contributed by atoms with van der Waals surface area (Å²) in [6.07, 6.45) is 0.930. The molecule has 0 unspecified atom stereocenters. The van der Waals surface area contributed by atoms with E-state index in [0.29, 0.717) is 12.2 Å². The van der Waals surface area contributed by atoms with E-state index in [4.69, 9.17) is 4.74 Å². The summed E-state index contributed by atoms with van der Waals surface area (Å²) in [6.45, 7) is 0.385. The lowest BCUT2D eigenvalue weighted by Gasteiger charge is -2.05. The van der Waals surface area contributed by atoms with Crippen LogP contribution in [0.2, 0.25) is 0 Å². The molecule has 4 rings (SSSR count). The third-order valence-corrected chi connectivity index (χ3v) is 3.60. The van der Waals surface area contributed by atoms with Crippen LogP contribution in [0.25, 0.3) is 11.1 Å². The molecule has 82 valence electrons. The summed E-state index contributed by atoms with van der Waals surface area (Å²) in [5.74, 6) is -0.203. The van der Waals surface area contributed by atoms with Crippen molar-refractivity contribution in [3.05, 3.63) is 58.7 Å². The maximum Gasteiger partial charge on any atom is 0.339 e. The van der Waals surface area contributed by atoms with Crippen LogP contribution in [0.5, 0.6) is 0 Å². The van der Waals surface area contributed by atoms with E-state index in [1.807, 2.05) is 24.3 Å². The molecule has 1 heterocycles. The Kier molecular flexibility index (Phi) is 1.57. The van der Waals surface area contributed by atoms with Gasteiger partial charge in [0.05, 0.1) is 5.56 Å². The predicted molar refractivity (Wildman–Crippen MR) is 63.8 cm³/mol. The van der Waals surface area contributed by atoms with Crippen LogP contribution in [-0.4, -0.2) is 5.97 Å². The standard InChI is InChI=1S/C15H10O2/c16-15-12-6-2-4-10-7-9-3-1-5-11(8-17-15)13(9)14(10)12/h1-6H,7-8H2. The molecular formula is C15H10O2. The first-order valence-electron chi connectivity index (χ1n) is 5.75. The van der Waals surface area contributed by atoms with Gasteiger partial charge in [0, 0.05) is 5.56 Å². The van der Waals surface area contributed by atoms with E-state index < -0.39 is 0 Å². The summed E-state index contributed by atoms with van der Waals surface area (Å²) in [5.41, 5.74) is 6.71. The van der Waals surface area contributed by atoms with Crippen molar-refractivity contribution in [2.24, 2.45) is 0 Å². The Hall–Kier alpha value is -2.09. The summed E-state index contributed by atoms with van der Waals surface area (Å²) in [6, 6.07) is 12.1. The fraction of sp³-hybridized carbons (Fsp3) is 0.133. The summed E-state index contributed by atoms with van der Waals surface area (Å²) < 4.78 is 5.30. The highest BCUT2D eigenvalue weighted by Crippen LogP contribution is 2.43. The van der Waals surface area contributed by atoms with Crippen LogP contribution in [0.1, 0.15) is 27.0 Å². The van der Waals surface area contributed by atoms with E-state index in [1.54, 1.807) is 0 Å². The predicted octanol–water partition coefficient (Wildman–Crippen LogP) is 2.93. The topological polar surface area (TPSA) is 26.3 Å². The molecule has 0 spiro atoms. The second-order valence-corrected chi connectivity index (χ2v) is 4.54. The van der Waals surface area contributed by atoms with E-state index in [9.17, 15) is 4.79 Å². The van der Waals surface area contributed by atoms with Gasteiger partial charge in [0.15, 0.2) is 0 Å². The van der Waals surface area contributed by atoms with Crippen molar-refractivity contribution in [3.8, 4) is 11.1 Å². The van der Waals surface area contributed by atoms with Gasteiger partial charge in [-0.3, -0.25) is 0 Å². The van der Waals surface area contributed by atoms with Gasteiger partial charge >= 0.3 is 5.97 Å². The molecule has 0 N–H and O–H groups in total. The minimum absolute atomic E-state index is 0.203. The Morgan fingerprint density at radius 2 is 1.59 bits per heavy atom. The molecule has 2 heteroatoms. The van der Waals surface area contributed by atoms with E-state index in [1.165, 1.54) is 16.7 Å². The molecule has 2 aromatic rings. The average molecular weight is 222 g/mol. The number of carbonyl (C=O) groups excluding carboxylic acids is 1. The zero-order chi connectivity index (χ0) is 11.4. The number of carbonyl (C=O) groups is 1. The van der Waals surface area contributed by atoms with Crippen LogP contribution in [0.4, 0.5) is 0 Å². The molecule has 17 heavy (non-hydrogen) atoms. The van der Waals surface area contributed by atoms with Crippen molar-refractivity contribution in [2.45, 2.75) is 13.0 Å². The molecule has 1 aliphatic carbocycles. The van der Waals surface area contributed by atoms with Crippen molar-refractivity contribution in [3.63, 3.8) is 0 Å². The average Bonchev–Trinajstić information content (AvgIpc) is 2.67. The third-order valence-electron chi connectivity index (χ3n) is 3.60. The van der Waals surface area contributed by atoms with Crippen molar-refractivity contribution in [1.82, 2.24) is 0 Å². The Bertz CT molecular complexity index is 656. The van der Waals surface area contributed by atoms with Crippen molar-refractivity contribution < 1.29 is 9.53 Å². The first-order valence-corrected chi connectivity index (χ1v) is 5.75. The molecule has 0 fully saturated rings. The zero-order valence-corrected chi connectivity index (χ0v) is 9.19. The molecule has 0 amide bonds. The molecular weight excluding hydrogens is 212 g/mol. The van der Waals surface area contributed by atoms with Crippen molar-refractivity contribution in [2.75, 3.05) is 0 Å². The smallest absolute Gasteiger partial charge is 0.339 e. The van der Waals surface area contributed by atoms with E-state index in [0.717, 1.165) is 17.5 Å². The van der Waals surface area contributed by atoms with Gasteiger partial charge in [-0.05, 0) is 34.7 Å². The number of cyclic esters (lactones) is 1. The van der Waals surface area contributed by atoms with Crippen LogP contribution < -0.4 is 0 Å². The zero-order valence-electron chi connectivity index (χ0n) is 9.19. The van der Waals surface area contributed by atoms with Crippen LogP contribution in [0, 0.1) is 0 Å². The molecule has 2 nitrogen and oxygen atoms in total. The molecule has 0 saturated heterocycles. The SMILES string of the molecule is O=C1OCc2cccc3c2-c2c(cccc21)C3. The van der Waals surface area contributed by atoms with Crippen LogP contribution in [-0.2, 0) is 17.8 Å². The number of hydrogen-bond donors (Lipinski definition) is 0. The van der Waals surface area contributed by atoms with Gasteiger partial charge in [0.1, 0.15) is 6.61 Å². The van der Waals surface area contributed by atoms with Gasteiger partial charge in [0.2, 0.25) is 0 Å². The summed E-state index contributed by atoms with van der Waals surface area (Å²) in [4.78, 5) is 11.9. The largest absolute Gasteiger partial charge is 0.457 e. The lowest BCUT2D eigenvalue weighted by atomic mass is 9.97. The summed E-state index contributed by atoms with van der Waals surface area (Å²) >= 11 is 0. The maximum atomic E-state index is 11.9. The van der Waals surface area contributed by atoms with Crippen LogP contribution >= 0.6 is 0 Å². The number of ether oxygens (including phenoxy) is 1. The number of hydrogen-bond acceptors (Lipinski definition) is 2. The van der Waals surface area contributed by atoms with E-state index in [2.05, 4.69) is 12.1 Å². The van der Waals surface area contributed by atoms with Gasteiger partial charge in [-0.25, -0.2) is 4.79 Å². The first kappa shape index (κ1) is 8.99. The molecule has 0 radical (unpaired) electrons. The van der Waals surface area contributed by atoms with Crippen molar-refractivity contribution >= 4 is 5.97 Å². The lowest BCUT2D eigenvalue weighted by Crippen LogP contribution is -2.03. The van der Waals surface area contributed by atoms with Gasteiger partial charge in [0.25, 0.3) is 0 Å². The Labute approximate surface area is 98.8 Å². The Balaban J connectivity index is 2.17. The van der Waals surface area contributed by atoms with Gasteiger partial charge in [-0.15, -0.1) is 0 Å². The molecule has 0 bridgehead atoms. The first-order chi connectivity index (χ1) is 8.34. The molecule has 0 atom stereocenters. The molecule has 0 aromatic heterocycles. The van der Waals surface area contributed by atoms with Crippen molar-refractivity contribution in [1.29, 1.82) is 0 Å². The van der Waals surface area contributed by atoms with E-state index in [-0.39, 0.29) is 5.97 Å². The van der Waals surface area contributed by atoms with Gasteiger partial charge < -0.3 is 4.74 Å². The highest BCUT2D eigenvalue weighted by Gasteiger charge is 2.29. The number of rotatable bonds is 0. The number of esters is 1. The fourth-order valence-corrected chi connectivity index (χ4v) is 2.88. The Morgan fingerprint density at radius 3 is 2.47 bits per heavy atom. The molecule has 2 aromatic carbocycles. The minimum atomic E-state index is -0.203. The molecule has 2 aliphatic rings.